The SMILES string of the molecule is CCc1nn(C)cc1CN(CC1CCCCN1)C1CC1. The van der Waals surface area contributed by atoms with Gasteiger partial charge in [-0.05, 0) is 38.6 Å². The largest absolute Gasteiger partial charge is 0.313 e. The normalized spacial score (nSPS) is 23.4. The zero-order valence-electron chi connectivity index (χ0n) is 12.9. The summed E-state index contributed by atoms with van der Waals surface area (Å²) >= 11 is 0. The molecule has 1 N–H and O–H groups in total. The molecule has 1 unspecified atom stereocenters. The molecule has 1 atom stereocenters. The molecule has 0 amide bonds. The van der Waals surface area contributed by atoms with Crippen molar-refractivity contribution in [3.8, 4) is 0 Å². The molecule has 3 rings (SSSR count). The summed E-state index contributed by atoms with van der Waals surface area (Å²) in [5, 5.41) is 8.27. The van der Waals surface area contributed by atoms with E-state index in [9.17, 15) is 0 Å². The van der Waals surface area contributed by atoms with Gasteiger partial charge in [0.2, 0.25) is 0 Å². The third kappa shape index (κ3) is 3.41. The fourth-order valence-corrected chi connectivity index (χ4v) is 3.38. The van der Waals surface area contributed by atoms with E-state index >= 15 is 0 Å². The van der Waals surface area contributed by atoms with E-state index in [0.29, 0.717) is 6.04 Å². The van der Waals surface area contributed by atoms with Gasteiger partial charge in [-0.2, -0.15) is 5.10 Å². The molecule has 2 fully saturated rings. The number of nitrogens with zero attached hydrogens (tertiary/aromatic N) is 3. The Morgan fingerprint density at radius 1 is 1.35 bits per heavy atom. The zero-order valence-corrected chi connectivity index (χ0v) is 12.9. The quantitative estimate of drug-likeness (QED) is 0.863. The van der Waals surface area contributed by atoms with Gasteiger partial charge in [-0.1, -0.05) is 13.3 Å². The van der Waals surface area contributed by atoms with Crippen LogP contribution in [0.15, 0.2) is 6.20 Å². The summed E-state index contributed by atoms with van der Waals surface area (Å²) in [6.07, 6.45) is 10.1. The van der Waals surface area contributed by atoms with Gasteiger partial charge in [0.05, 0.1) is 5.69 Å². The highest BCUT2D eigenvalue weighted by Gasteiger charge is 2.31. The summed E-state index contributed by atoms with van der Waals surface area (Å²) in [5.74, 6) is 0. The van der Waals surface area contributed by atoms with Crippen LogP contribution in [0.5, 0.6) is 0 Å². The van der Waals surface area contributed by atoms with Crippen LogP contribution < -0.4 is 5.32 Å². The Labute approximate surface area is 122 Å². The van der Waals surface area contributed by atoms with Crippen molar-refractivity contribution in [1.82, 2.24) is 20.0 Å². The van der Waals surface area contributed by atoms with Crippen LogP contribution >= 0.6 is 0 Å². The zero-order chi connectivity index (χ0) is 13.9. The number of aryl methyl sites for hydroxylation is 2. The molecule has 1 saturated heterocycles. The lowest BCUT2D eigenvalue weighted by Crippen LogP contribution is -2.44. The van der Waals surface area contributed by atoms with Crippen molar-refractivity contribution < 1.29 is 0 Å². The van der Waals surface area contributed by atoms with Crippen LogP contribution in [0.2, 0.25) is 0 Å². The first kappa shape index (κ1) is 14.1. The molecule has 1 aliphatic carbocycles. The minimum atomic E-state index is 0.700. The van der Waals surface area contributed by atoms with Gasteiger partial charge < -0.3 is 5.32 Å². The first-order chi connectivity index (χ1) is 9.76. The van der Waals surface area contributed by atoms with Gasteiger partial charge in [-0.25, -0.2) is 0 Å². The summed E-state index contributed by atoms with van der Waals surface area (Å²) in [4.78, 5) is 2.69. The molecule has 2 aliphatic rings. The van der Waals surface area contributed by atoms with Crippen LogP contribution in [-0.4, -0.2) is 39.9 Å². The number of rotatable bonds is 6. The van der Waals surface area contributed by atoms with Crippen LogP contribution in [0.3, 0.4) is 0 Å². The molecule has 0 spiro atoms. The summed E-state index contributed by atoms with van der Waals surface area (Å²) < 4.78 is 1.97. The lowest BCUT2D eigenvalue weighted by atomic mass is 10.0. The van der Waals surface area contributed by atoms with Crippen molar-refractivity contribution in [2.45, 2.75) is 64.1 Å². The molecule has 2 heterocycles. The van der Waals surface area contributed by atoms with Crippen molar-refractivity contribution in [1.29, 1.82) is 0 Å². The lowest BCUT2D eigenvalue weighted by molar-refractivity contribution is 0.208. The molecule has 1 saturated carbocycles. The number of nitrogens with one attached hydrogen (secondary N) is 1. The molecule has 1 aromatic heterocycles. The molecule has 20 heavy (non-hydrogen) atoms. The maximum atomic E-state index is 4.58. The summed E-state index contributed by atoms with van der Waals surface area (Å²) in [6.45, 7) is 5.70. The molecule has 0 radical (unpaired) electrons. The number of aromatic nitrogens is 2. The number of hydrogen-bond donors (Lipinski definition) is 1. The van der Waals surface area contributed by atoms with E-state index in [0.717, 1.165) is 19.0 Å². The van der Waals surface area contributed by atoms with Crippen LogP contribution in [-0.2, 0) is 20.0 Å². The van der Waals surface area contributed by atoms with E-state index in [1.54, 1.807) is 0 Å². The minimum absolute atomic E-state index is 0.700. The maximum Gasteiger partial charge on any atom is 0.0666 e. The monoisotopic (exact) mass is 276 g/mol. The molecule has 1 aromatic rings. The minimum Gasteiger partial charge on any atom is -0.313 e. The highest BCUT2D eigenvalue weighted by Crippen LogP contribution is 2.29. The summed E-state index contributed by atoms with van der Waals surface area (Å²) in [5.41, 5.74) is 2.70. The van der Waals surface area contributed by atoms with Crippen molar-refractivity contribution >= 4 is 0 Å². The van der Waals surface area contributed by atoms with Crippen molar-refractivity contribution in [2.75, 3.05) is 13.1 Å². The Hall–Kier alpha value is -0.870. The van der Waals surface area contributed by atoms with Gasteiger partial charge in [-0.3, -0.25) is 9.58 Å². The van der Waals surface area contributed by atoms with E-state index in [-0.39, 0.29) is 0 Å². The summed E-state index contributed by atoms with van der Waals surface area (Å²) in [7, 11) is 2.03. The van der Waals surface area contributed by atoms with Crippen LogP contribution in [0.4, 0.5) is 0 Å². The lowest BCUT2D eigenvalue weighted by Gasteiger charge is -2.30. The second kappa shape index (κ2) is 6.27. The number of hydrogen-bond acceptors (Lipinski definition) is 3. The van der Waals surface area contributed by atoms with Gasteiger partial charge in [-0.15, -0.1) is 0 Å². The van der Waals surface area contributed by atoms with Crippen LogP contribution in [0, 0.1) is 0 Å². The van der Waals surface area contributed by atoms with Crippen LogP contribution in [0.25, 0.3) is 0 Å². The highest BCUT2D eigenvalue weighted by atomic mass is 15.3. The molecular formula is C16H28N4. The standard InChI is InChI=1S/C16H28N4/c1-3-16-13(10-19(2)18-16)11-20(15-7-8-15)12-14-6-4-5-9-17-14/h10,14-15,17H,3-9,11-12H2,1-2H3. The molecule has 0 bridgehead atoms. The molecule has 4 nitrogen and oxygen atoms in total. The third-order valence-corrected chi connectivity index (χ3v) is 4.63. The first-order valence-corrected chi connectivity index (χ1v) is 8.25. The third-order valence-electron chi connectivity index (χ3n) is 4.63. The Balaban J connectivity index is 1.64. The molecule has 4 heteroatoms. The second-order valence-corrected chi connectivity index (χ2v) is 6.44. The van der Waals surface area contributed by atoms with Crippen molar-refractivity contribution in [3.05, 3.63) is 17.5 Å². The first-order valence-electron chi connectivity index (χ1n) is 8.25. The predicted molar refractivity (Wildman–Crippen MR) is 81.7 cm³/mol. The van der Waals surface area contributed by atoms with Gasteiger partial charge in [0.15, 0.2) is 0 Å². The Morgan fingerprint density at radius 2 is 2.20 bits per heavy atom. The number of piperidine rings is 1. The van der Waals surface area contributed by atoms with Crippen molar-refractivity contribution in [2.24, 2.45) is 7.05 Å². The summed E-state index contributed by atoms with van der Waals surface area (Å²) in [6, 6.07) is 1.52. The highest BCUT2D eigenvalue weighted by molar-refractivity contribution is 5.17. The Kier molecular flexibility index (Phi) is 4.41. The molecule has 0 aromatic carbocycles. The van der Waals surface area contributed by atoms with Gasteiger partial charge in [0, 0.05) is 44.0 Å². The van der Waals surface area contributed by atoms with E-state index in [2.05, 4.69) is 28.4 Å². The Morgan fingerprint density at radius 3 is 2.85 bits per heavy atom. The molecular weight excluding hydrogens is 248 g/mol. The topological polar surface area (TPSA) is 33.1 Å². The molecule has 1 aliphatic heterocycles. The predicted octanol–water partition coefficient (Wildman–Crippen LogP) is 2.09. The molecule has 112 valence electrons. The average molecular weight is 276 g/mol. The van der Waals surface area contributed by atoms with Crippen molar-refractivity contribution in [3.63, 3.8) is 0 Å². The maximum absolute atomic E-state index is 4.58. The second-order valence-electron chi connectivity index (χ2n) is 6.44. The Bertz CT molecular complexity index is 430. The van der Waals surface area contributed by atoms with Gasteiger partial charge in [0.1, 0.15) is 0 Å². The van der Waals surface area contributed by atoms with Gasteiger partial charge >= 0.3 is 0 Å². The van der Waals surface area contributed by atoms with Gasteiger partial charge in [0.25, 0.3) is 0 Å². The van der Waals surface area contributed by atoms with E-state index in [1.165, 1.54) is 56.5 Å². The fourth-order valence-electron chi connectivity index (χ4n) is 3.38. The fraction of sp³-hybridized carbons (Fsp3) is 0.812. The van der Waals surface area contributed by atoms with E-state index in [4.69, 9.17) is 0 Å². The average Bonchev–Trinajstić information content (AvgIpc) is 3.24. The van der Waals surface area contributed by atoms with Crippen LogP contribution in [0.1, 0.15) is 50.3 Å². The smallest absolute Gasteiger partial charge is 0.0666 e. The van der Waals surface area contributed by atoms with E-state index in [1.807, 2.05) is 11.7 Å². The van der Waals surface area contributed by atoms with E-state index < -0.39 is 0 Å².